The average molecular weight is 475 g/mol. The second-order valence-electron chi connectivity index (χ2n) is 7.40. The number of rotatable bonds is 7. The minimum Gasteiger partial charge on any atom is -0.493 e. The number of thiophene rings is 1. The maximum atomic E-state index is 12.3. The molecule has 1 N–H and O–H groups in total. The smallest absolute Gasteiger partial charge is 0.331 e. The topological polar surface area (TPSA) is 97.6 Å². The van der Waals surface area contributed by atoms with Crippen LogP contribution in [-0.4, -0.2) is 32.7 Å². The number of esters is 1. The van der Waals surface area contributed by atoms with Crippen molar-refractivity contribution in [3.8, 4) is 17.6 Å². The van der Waals surface area contributed by atoms with Crippen LogP contribution in [0.1, 0.15) is 34.9 Å². The van der Waals surface area contributed by atoms with E-state index in [4.69, 9.17) is 25.8 Å². The van der Waals surface area contributed by atoms with Gasteiger partial charge in [-0.15, -0.1) is 11.3 Å². The van der Waals surface area contributed by atoms with Gasteiger partial charge in [-0.2, -0.15) is 5.26 Å². The molecule has 0 radical (unpaired) electrons. The fraction of sp³-hybridized carbons (Fsp3) is 0.348. The van der Waals surface area contributed by atoms with Gasteiger partial charge >= 0.3 is 5.97 Å². The van der Waals surface area contributed by atoms with Crippen LogP contribution in [0.4, 0.5) is 5.00 Å². The van der Waals surface area contributed by atoms with Crippen molar-refractivity contribution in [3.05, 3.63) is 44.8 Å². The first-order chi connectivity index (χ1) is 15.4. The number of ether oxygens (including phenoxy) is 3. The number of carbonyl (C=O) groups is 2. The van der Waals surface area contributed by atoms with Gasteiger partial charge in [-0.1, -0.05) is 18.5 Å². The van der Waals surface area contributed by atoms with Gasteiger partial charge in [0.1, 0.15) is 11.1 Å². The zero-order valence-corrected chi connectivity index (χ0v) is 19.6. The quantitative estimate of drug-likeness (QED) is 0.465. The van der Waals surface area contributed by atoms with Gasteiger partial charge in [0.15, 0.2) is 18.1 Å². The summed E-state index contributed by atoms with van der Waals surface area (Å²) in [6.07, 6.45) is 5.46. The molecule has 1 aliphatic rings. The standard InChI is InChI=1S/C23H23ClN2O5S/c1-13-4-6-15-16(11-25)23(32-19(15)8-13)26-20(27)12-31-21(28)7-5-14-9-17(24)22(30-3)18(10-14)29-2/h5,7,9-10,13H,4,6,8,12H2,1-3H3,(H,26,27). The van der Waals surface area contributed by atoms with Gasteiger partial charge in [-0.05, 0) is 54.5 Å². The molecule has 0 fully saturated rings. The number of methoxy groups -OCH3 is 2. The number of carbonyl (C=O) groups excluding carboxylic acids is 2. The normalized spacial score (nSPS) is 15.0. The van der Waals surface area contributed by atoms with Crippen LogP contribution in [0.3, 0.4) is 0 Å². The lowest BCUT2D eigenvalue weighted by Crippen LogP contribution is -2.20. The van der Waals surface area contributed by atoms with Crippen LogP contribution in [0, 0.1) is 17.2 Å². The number of anilines is 1. The number of benzene rings is 1. The van der Waals surface area contributed by atoms with Crippen molar-refractivity contribution in [2.75, 3.05) is 26.1 Å². The number of halogens is 1. The van der Waals surface area contributed by atoms with E-state index in [0.29, 0.717) is 38.6 Å². The van der Waals surface area contributed by atoms with Crippen molar-refractivity contribution in [2.45, 2.75) is 26.2 Å². The molecular formula is C23H23ClN2O5S. The fourth-order valence-corrected chi connectivity index (χ4v) is 5.18. The van der Waals surface area contributed by atoms with Crippen LogP contribution in [0.15, 0.2) is 18.2 Å². The molecule has 0 bridgehead atoms. The molecule has 0 saturated carbocycles. The van der Waals surface area contributed by atoms with Crippen molar-refractivity contribution in [2.24, 2.45) is 5.92 Å². The Hall–Kier alpha value is -3.02. The van der Waals surface area contributed by atoms with Crippen LogP contribution < -0.4 is 14.8 Å². The second-order valence-corrected chi connectivity index (χ2v) is 8.91. The number of nitrogens with one attached hydrogen (secondary N) is 1. The summed E-state index contributed by atoms with van der Waals surface area (Å²) in [7, 11) is 2.96. The zero-order chi connectivity index (χ0) is 23.3. The number of nitrogens with zero attached hydrogens (tertiary/aromatic N) is 1. The third kappa shape index (κ3) is 5.42. The van der Waals surface area contributed by atoms with Gasteiger partial charge in [0, 0.05) is 11.0 Å². The number of amides is 1. The Balaban J connectivity index is 1.59. The SMILES string of the molecule is COc1cc(C=CC(=O)OCC(=O)Nc2sc3c(c2C#N)CCC(C)C3)cc(Cl)c1OC. The minimum atomic E-state index is -0.689. The highest BCUT2D eigenvalue weighted by atomic mass is 35.5. The van der Waals surface area contributed by atoms with E-state index in [1.807, 2.05) is 0 Å². The maximum absolute atomic E-state index is 12.3. The van der Waals surface area contributed by atoms with Crippen molar-refractivity contribution < 1.29 is 23.8 Å². The Labute approximate surface area is 195 Å². The molecule has 1 unspecified atom stereocenters. The Morgan fingerprint density at radius 1 is 1.34 bits per heavy atom. The van der Waals surface area contributed by atoms with Gasteiger partial charge in [0.05, 0.1) is 24.8 Å². The Morgan fingerprint density at radius 2 is 2.12 bits per heavy atom. The molecule has 3 rings (SSSR count). The van der Waals surface area contributed by atoms with Crippen molar-refractivity contribution in [1.29, 1.82) is 5.26 Å². The van der Waals surface area contributed by atoms with Crippen molar-refractivity contribution in [3.63, 3.8) is 0 Å². The molecule has 0 aliphatic heterocycles. The monoisotopic (exact) mass is 474 g/mol. The molecule has 1 heterocycles. The summed E-state index contributed by atoms with van der Waals surface area (Å²) in [5.41, 5.74) is 2.15. The molecule has 9 heteroatoms. The van der Waals surface area contributed by atoms with E-state index in [2.05, 4.69) is 18.3 Å². The van der Waals surface area contributed by atoms with E-state index >= 15 is 0 Å². The molecule has 0 spiro atoms. The minimum absolute atomic E-state index is 0.334. The number of hydrogen-bond acceptors (Lipinski definition) is 7. The van der Waals surface area contributed by atoms with Gasteiger partial charge < -0.3 is 19.5 Å². The van der Waals surface area contributed by atoms with E-state index in [1.165, 1.54) is 37.7 Å². The molecule has 168 valence electrons. The highest BCUT2D eigenvalue weighted by Gasteiger charge is 2.24. The van der Waals surface area contributed by atoms with Crippen LogP contribution >= 0.6 is 22.9 Å². The first-order valence-corrected chi connectivity index (χ1v) is 11.2. The molecule has 0 saturated heterocycles. The van der Waals surface area contributed by atoms with Gasteiger partial charge in [-0.3, -0.25) is 4.79 Å². The van der Waals surface area contributed by atoms with E-state index in [9.17, 15) is 14.9 Å². The lowest BCUT2D eigenvalue weighted by Gasteiger charge is -2.17. The first-order valence-electron chi connectivity index (χ1n) is 9.97. The molecule has 1 amide bonds. The summed E-state index contributed by atoms with van der Waals surface area (Å²) >= 11 is 7.57. The number of nitriles is 1. The molecule has 1 aromatic carbocycles. The van der Waals surface area contributed by atoms with E-state index in [-0.39, 0.29) is 0 Å². The first kappa shape index (κ1) is 23.6. The Bertz CT molecular complexity index is 1100. The third-order valence-electron chi connectivity index (χ3n) is 5.09. The molecule has 1 aromatic heterocycles. The van der Waals surface area contributed by atoms with E-state index in [0.717, 1.165) is 29.7 Å². The zero-order valence-electron chi connectivity index (χ0n) is 18.0. The fourth-order valence-electron chi connectivity index (χ4n) is 3.50. The predicted molar refractivity (Wildman–Crippen MR) is 123 cm³/mol. The van der Waals surface area contributed by atoms with Crippen LogP contribution in [0.5, 0.6) is 11.5 Å². The predicted octanol–water partition coefficient (Wildman–Crippen LogP) is 4.61. The lowest BCUT2D eigenvalue weighted by atomic mass is 9.89. The molecule has 1 atom stereocenters. The second kappa shape index (κ2) is 10.5. The Morgan fingerprint density at radius 3 is 2.81 bits per heavy atom. The summed E-state index contributed by atoms with van der Waals surface area (Å²) in [6, 6.07) is 5.47. The largest absolute Gasteiger partial charge is 0.493 e. The number of fused-ring (bicyclic) bond motifs is 1. The molecule has 2 aromatic rings. The maximum Gasteiger partial charge on any atom is 0.331 e. The Kier molecular flexibility index (Phi) is 7.78. The third-order valence-corrected chi connectivity index (χ3v) is 6.54. The summed E-state index contributed by atoms with van der Waals surface area (Å²) in [5, 5.41) is 13.1. The van der Waals surface area contributed by atoms with Gasteiger partial charge in [-0.25, -0.2) is 4.79 Å². The van der Waals surface area contributed by atoms with Crippen LogP contribution in [0.2, 0.25) is 5.02 Å². The van der Waals surface area contributed by atoms with Crippen molar-refractivity contribution in [1.82, 2.24) is 0 Å². The lowest BCUT2D eigenvalue weighted by molar-refractivity contribution is -0.142. The summed E-state index contributed by atoms with van der Waals surface area (Å²) in [6.45, 7) is 1.72. The van der Waals surface area contributed by atoms with Crippen LogP contribution in [0.25, 0.3) is 6.08 Å². The molecule has 1 aliphatic carbocycles. The summed E-state index contributed by atoms with van der Waals surface area (Å²) in [5.74, 6) is 0.195. The molecular weight excluding hydrogens is 452 g/mol. The highest BCUT2D eigenvalue weighted by molar-refractivity contribution is 7.16. The van der Waals surface area contributed by atoms with E-state index in [1.54, 1.807) is 12.1 Å². The van der Waals surface area contributed by atoms with Crippen LogP contribution in [-0.2, 0) is 27.2 Å². The molecule has 32 heavy (non-hydrogen) atoms. The van der Waals surface area contributed by atoms with Gasteiger partial charge in [0.2, 0.25) is 0 Å². The van der Waals surface area contributed by atoms with Gasteiger partial charge in [0.25, 0.3) is 5.91 Å². The summed E-state index contributed by atoms with van der Waals surface area (Å²) in [4.78, 5) is 25.4. The summed E-state index contributed by atoms with van der Waals surface area (Å²) < 4.78 is 15.4. The van der Waals surface area contributed by atoms with E-state index < -0.39 is 18.5 Å². The molecule has 7 nitrogen and oxygen atoms in total. The van der Waals surface area contributed by atoms with Crippen molar-refractivity contribution >= 4 is 45.9 Å². The highest BCUT2D eigenvalue weighted by Crippen LogP contribution is 2.39. The number of hydrogen-bond donors (Lipinski definition) is 1. The average Bonchev–Trinajstić information content (AvgIpc) is 3.11.